The molecule has 0 amide bonds. The van der Waals surface area contributed by atoms with Gasteiger partial charge in [0.15, 0.2) is 0 Å². The number of hydrogen-bond acceptors (Lipinski definition) is 2. The van der Waals surface area contributed by atoms with E-state index in [0.29, 0.717) is 11.1 Å². The highest BCUT2D eigenvalue weighted by atomic mass is 16.3. The minimum atomic E-state index is 0.194. The van der Waals surface area contributed by atoms with Crippen molar-refractivity contribution in [3.05, 3.63) is 47.5 Å². The smallest absolute Gasteiger partial charge is 0.123 e. The van der Waals surface area contributed by atoms with Crippen LogP contribution in [0.4, 0.5) is 0 Å². The molecular weight excluding hydrogens is 212 g/mol. The van der Waals surface area contributed by atoms with Gasteiger partial charge in [-0.2, -0.15) is 0 Å². The number of phenolic OH excluding ortho intramolecular Hbond substituents is 2. The van der Waals surface area contributed by atoms with Crippen LogP contribution in [0, 0.1) is 6.92 Å². The third-order valence-electron chi connectivity index (χ3n) is 2.91. The molecule has 88 valence electrons. The highest BCUT2D eigenvalue weighted by Gasteiger charge is 2.09. The average Bonchev–Trinajstić information content (AvgIpc) is 2.33. The normalized spacial score (nSPS) is 10.5. The van der Waals surface area contributed by atoms with Crippen LogP contribution in [0.3, 0.4) is 0 Å². The van der Waals surface area contributed by atoms with Crippen LogP contribution >= 0.6 is 0 Å². The highest BCUT2D eigenvalue weighted by molar-refractivity contribution is 5.76. The van der Waals surface area contributed by atoms with E-state index < -0.39 is 0 Å². The number of aryl methyl sites for hydroxylation is 2. The van der Waals surface area contributed by atoms with Crippen LogP contribution in [-0.2, 0) is 6.42 Å². The zero-order chi connectivity index (χ0) is 12.4. The van der Waals surface area contributed by atoms with Crippen molar-refractivity contribution in [1.29, 1.82) is 0 Å². The molecule has 0 spiro atoms. The van der Waals surface area contributed by atoms with Gasteiger partial charge < -0.3 is 10.2 Å². The second-order valence-electron chi connectivity index (χ2n) is 4.23. The Bertz CT molecular complexity index is 545. The van der Waals surface area contributed by atoms with Gasteiger partial charge in [-0.15, -0.1) is 0 Å². The molecule has 0 heterocycles. The van der Waals surface area contributed by atoms with Gasteiger partial charge in [-0.05, 0) is 43.2 Å². The molecule has 2 aromatic carbocycles. The predicted octanol–water partition coefficient (Wildman–Crippen LogP) is 3.64. The van der Waals surface area contributed by atoms with Crippen molar-refractivity contribution in [2.45, 2.75) is 20.3 Å². The first kappa shape index (κ1) is 11.5. The van der Waals surface area contributed by atoms with Gasteiger partial charge in [0.25, 0.3) is 0 Å². The van der Waals surface area contributed by atoms with E-state index in [2.05, 4.69) is 6.92 Å². The zero-order valence-electron chi connectivity index (χ0n) is 10.1. The van der Waals surface area contributed by atoms with Crippen LogP contribution in [0.2, 0.25) is 0 Å². The van der Waals surface area contributed by atoms with E-state index in [-0.39, 0.29) is 11.5 Å². The van der Waals surface area contributed by atoms with Crippen molar-refractivity contribution >= 4 is 0 Å². The maximum absolute atomic E-state index is 9.89. The molecule has 2 N–H and O–H groups in total. The molecule has 17 heavy (non-hydrogen) atoms. The van der Waals surface area contributed by atoms with Crippen molar-refractivity contribution in [3.63, 3.8) is 0 Å². The van der Waals surface area contributed by atoms with Crippen molar-refractivity contribution in [2.24, 2.45) is 0 Å². The van der Waals surface area contributed by atoms with E-state index in [9.17, 15) is 10.2 Å². The van der Waals surface area contributed by atoms with Gasteiger partial charge in [0.1, 0.15) is 11.5 Å². The molecule has 2 heteroatoms. The first-order valence-electron chi connectivity index (χ1n) is 5.73. The first-order chi connectivity index (χ1) is 8.11. The van der Waals surface area contributed by atoms with Crippen LogP contribution in [0.5, 0.6) is 11.5 Å². The average molecular weight is 228 g/mol. The summed E-state index contributed by atoms with van der Waals surface area (Å²) in [7, 11) is 0. The van der Waals surface area contributed by atoms with Crippen LogP contribution < -0.4 is 0 Å². The summed E-state index contributed by atoms with van der Waals surface area (Å²) in [6.07, 6.45) is 0.903. The summed E-state index contributed by atoms with van der Waals surface area (Å²) < 4.78 is 0. The minimum Gasteiger partial charge on any atom is -0.507 e. The van der Waals surface area contributed by atoms with E-state index >= 15 is 0 Å². The summed E-state index contributed by atoms with van der Waals surface area (Å²) in [6.45, 7) is 4.02. The summed E-state index contributed by atoms with van der Waals surface area (Å²) >= 11 is 0. The lowest BCUT2D eigenvalue weighted by Crippen LogP contribution is -1.86. The lowest BCUT2D eigenvalue weighted by molar-refractivity contribution is 0.469. The molecule has 2 aromatic rings. The molecule has 0 saturated heterocycles. The van der Waals surface area contributed by atoms with Gasteiger partial charge in [0, 0.05) is 11.1 Å². The van der Waals surface area contributed by atoms with E-state index in [1.54, 1.807) is 12.1 Å². The Morgan fingerprint density at radius 3 is 2.12 bits per heavy atom. The van der Waals surface area contributed by atoms with Crippen LogP contribution in [0.1, 0.15) is 18.1 Å². The zero-order valence-corrected chi connectivity index (χ0v) is 10.1. The van der Waals surface area contributed by atoms with Gasteiger partial charge in [0.2, 0.25) is 0 Å². The fraction of sp³-hybridized carbons (Fsp3) is 0.200. The Morgan fingerprint density at radius 1 is 0.882 bits per heavy atom. The monoisotopic (exact) mass is 228 g/mol. The molecule has 0 unspecified atom stereocenters. The van der Waals surface area contributed by atoms with Gasteiger partial charge in [-0.3, -0.25) is 0 Å². The van der Waals surface area contributed by atoms with E-state index in [1.165, 1.54) is 0 Å². The number of phenols is 2. The lowest BCUT2D eigenvalue weighted by Gasteiger charge is -2.09. The third-order valence-corrected chi connectivity index (χ3v) is 2.91. The fourth-order valence-electron chi connectivity index (χ4n) is 1.88. The first-order valence-corrected chi connectivity index (χ1v) is 5.73. The molecule has 2 nitrogen and oxygen atoms in total. The summed E-state index contributed by atoms with van der Waals surface area (Å²) in [6, 6.07) is 10.9. The Morgan fingerprint density at radius 2 is 1.47 bits per heavy atom. The number of benzene rings is 2. The van der Waals surface area contributed by atoms with E-state index in [1.807, 2.05) is 31.2 Å². The maximum Gasteiger partial charge on any atom is 0.123 e. The number of aromatic hydroxyl groups is 2. The Kier molecular flexibility index (Phi) is 3.05. The molecule has 0 bridgehead atoms. The molecule has 0 aromatic heterocycles. The summed E-state index contributed by atoms with van der Waals surface area (Å²) in [5.74, 6) is 0.391. The molecule has 0 radical (unpaired) electrons. The standard InChI is InChI=1S/C15H16O2/c1-3-11-5-7-15(17)13(9-11)12-8-10(2)4-6-14(12)16/h4-9,16-17H,3H2,1-2H3. The van der Waals surface area contributed by atoms with Crippen LogP contribution in [0.25, 0.3) is 11.1 Å². The molecular formula is C15H16O2. The molecule has 0 aliphatic rings. The van der Waals surface area contributed by atoms with Gasteiger partial charge in [-0.25, -0.2) is 0 Å². The Balaban J connectivity index is 2.62. The number of rotatable bonds is 2. The predicted molar refractivity (Wildman–Crippen MR) is 69.3 cm³/mol. The molecule has 0 fully saturated rings. The maximum atomic E-state index is 9.89. The summed E-state index contributed by atoms with van der Waals surface area (Å²) in [4.78, 5) is 0. The van der Waals surface area contributed by atoms with Gasteiger partial charge in [0.05, 0.1) is 0 Å². The van der Waals surface area contributed by atoms with Crippen molar-refractivity contribution in [1.82, 2.24) is 0 Å². The van der Waals surface area contributed by atoms with Crippen molar-refractivity contribution in [3.8, 4) is 22.6 Å². The van der Waals surface area contributed by atoms with Crippen molar-refractivity contribution in [2.75, 3.05) is 0 Å². The molecule has 0 saturated carbocycles. The highest BCUT2D eigenvalue weighted by Crippen LogP contribution is 2.36. The summed E-state index contributed by atoms with van der Waals surface area (Å²) in [5.41, 5.74) is 3.56. The van der Waals surface area contributed by atoms with E-state index in [0.717, 1.165) is 17.5 Å². The van der Waals surface area contributed by atoms with Gasteiger partial charge >= 0.3 is 0 Å². The number of hydrogen-bond donors (Lipinski definition) is 2. The lowest BCUT2D eigenvalue weighted by atomic mass is 9.98. The van der Waals surface area contributed by atoms with E-state index in [4.69, 9.17) is 0 Å². The summed E-state index contributed by atoms with van der Waals surface area (Å²) in [5, 5.41) is 19.8. The van der Waals surface area contributed by atoms with Crippen molar-refractivity contribution < 1.29 is 10.2 Å². The largest absolute Gasteiger partial charge is 0.507 e. The molecule has 0 aliphatic carbocycles. The SMILES string of the molecule is CCc1ccc(O)c(-c2cc(C)ccc2O)c1. The minimum absolute atomic E-state index is 0.194. The quantitative estimate of drug-likeness (QED) is 0.823. The topological polar surface area (TPSA) is 40.5 Å². The molecule has 0 aliphatic heterocycles. The Labute approximate surface area is 101 Å². The van der Waals surface area contributed by atoms with Crippen LogP contribution in [-0.4, -0.2) is 10.2 Å². The third kappa shape index (κ3) is 2.26. The van der Waals surface area contributed by atoms with Crippen LogP contribution in [0.15, 0.2) is 36.4 Å². The fourth-order valence-corrected chi connectivity index (χ4v) is 1.88. The Hall–Kier alpha value is -1.96. The second-order valence-corrected chi connectivity index (χ2v) is 4.23. The molecule has 0 atom stereocenters. The second kappa shape index (κ2) is 4.50. The molecule has 2 rings (SSSR count). The van der Waals surface area contributed by atoms with Gasteiger partial charge in [-0.1, -0.05) is 24.6 Å².